The van der Waals surface area contributed by atoms with Crippen LogP contribution in [0.4, 0.5) is 5.69 Å². The topological polar surface area (TPSA) is 83.6 Å². The maximum absolute atomic E-state index is 11.5. The van der Waals surface area contributed by atoms with Crippen LogP contribution in [0.3, 0.4) is 0 Å². The van der Waals surface area contributed by atoms with E-state index in [0.29, 0.717) is 24.2 Å². The molecule has 1 atom stereocenters. The lowest BCUT2D eigenvalue weighted by molar-refractivity contribution is -0.139. The van der Waals surface area contributed by atoms with E-state index < -0.39 is 17.9 Å². The summed E-state index contributed by atoms with van der Waals surface area (Å²) in [5.41, 5.74) is 7.39. The van der Waals surface area contributed by atoms with Crippen molar-refractivity contribution in [2.24, 2.45) is 5.73 Å². The second kappa shape index (κ2) is 5.30. The highest BCUT2D eigenvalue weighted by atomic mass is 16.4. The van der Waals surface area contributed by atoms with Crippen LogP contribution in [0.1, 0.15) is 35.2 Å². The molecule has 1 unspecified atom stereocenters. The molecule has 1 aromatic rings. The van der Waals surface area contributed by atoms with Crippen LogP contribution in [0.15, 0.2) is 18.2 Å². The van der Waals surface area contributed by atoms with Crippen LogP contribution in [0.25, 0.3) is 0 Å². The fourth-order valence-corrected chi connectivity index (χ4v) is 2.56. The molecule has 0 bridgehead atoms. The molecule has 0 saturated carbocycles. The third-order valence-corrected chi connectivity index (χ3v) is 3.52. The highest BCUT2D eigenvalue weighted by Crippen LogP contribution is 2.29. The van der Waals surface area contributed by atoms with Gasteiger partial charge in [-0.15, -0.1) is 0 Å². The highest BCUT2D eigenvalue weighted by molar-refractivity contribution is 5.99. The van der Waals surface area contributed by atoms with Gasteiger partial charge in [-0.25, -0.2) is 4.79 Å². The summed E-state index contributed by atoms with van der Waals surface area (Å²) in [4.78, 5) is 24.6. The average molecular weight is 262 g/mol. The van der Waals surface area contributed by atoms with Gasteiger partial charge in [0.1, 0.15) is 6.04 Å². The van der Waals surface area contributed by atoms with Gasteiger partial charge in [-0.05, 0) is 43.9 Å². The molecule has 1 saturated heterocycles. The van der Waals surface area contributed by atoms with Crippen LogP contribution in [-0.2, 0) is 4.79 Å². The predicted molar refractivity (Wildman–Crippen MR) is 72.3 cm³/mol. The minimum Gasteiger partial charge on any atom is -0.480 e. The minimum absolute atomic E-state index is 0.388. The molecule has 3 N–H and O–H groups in total. The monoisotopic (exact) mass is 262 g/mol. The number of amides is 1. The van der Waals surface area contributed by atoms with Crippen LogP contribution in [-0.4, -0.2) is 29.6 Å². The summed E-state index contributed by atoms with van der Waals surface area (Å²) < 4.78 is 0. The number of hydrogen-bond acceptors (Lipinski definition) is 3. The van der Waals surface area contributed by atoms with Crippen LogP contribution in [0.5, 0.6) is 0 Å². The quantitative estimate of drug-likeness (QED) is 0.865. The molecular formula is C14H18N2O3. The molecule has 1 fully saturated rings. The Labute approximate surface area is 112 Å². The first-order valence-electron chi connectivity index (χ1n) is 6.40. The number of benzene rings is 1. The van der Waals surface area contributed by atoms with Gasteiger partial charge in [-0.1, -0.05) is 6.07 Å². The number of carboxylic acids is 1. The van der Waals surface area contributed by atoms with E-state index in [1.54, 1.807) is 11.0 Å². The molecule has 5 heteroatoms. The predicted octanol–water partition coefficient (Wildman–Crippen LogP) is 1.54. The van der Waals surface area contributed by atoms with Crippen molar-refractivity contribution < 1.29 is 14.7 Å². The molecule has 1 amide bonds. The molecule has 1 aliphatic heterocycles. The van der Waals surface area contributed by atoms with Crippen molar-refractivity contribution in [1.82, 2.24) is 0 Å². The van der Waals surface area contributed by atoms with E-state index >= 15 is 0 Å². The molecular weight excluding hydrogens is 244 g/mol. The van der Waals surface area contributed by atoms with E-state index in [-0.39, 0.29) is 0 Å². The molecule has 2 rings (SSSR count). The molecule has 0 radical (unpaired) electrons. The van der Waals surface area contributed by atoms with Crippen molar-refractivity contribution in [3.8, 4) is 0 Å². The zero-order chi connectivity index (χ0) is 14.0. The average Bonchev–Trinajstić information content (AvgIpc) is 2.38. The van der Waals surface area contributed by atoms with E-state index in [9.17, 15) is 14.7 Å². The van der Waals surface area contributed by atoms with E-state index in [1.165, 1.54) is 0 Å². The first-order valence-corrected chi connectivity index (χ1v) is 6.40. The lowest BCUT2D eigenvalue weighted by atomic mass is 9.99. The fourth-order valence-electron chi connectivity index (χ4n) is 2.56. The summed E-state index contributed by atoms with van der Waals surface area (Å²) in [7, 11) is 0. The maximum atomic E-state index is 11.5. The van der Waals surface area contributed by atoms with Crippen LogP contribution in [0, 0.1) is 6.92 Å². The normalized spacial score (nSPS) is 19.2. The van der Waals surface area contributed by atoms with E-state index in [2.05, 4.69) is 0 Å². The Kier molecular flexibility index (Phi) is 3.74. The number of nitrogens with two attached hydrogens (primary N) is 1. The van der Waals surface area contributed by atoms with Gasteiger partial charge in [0.15, 0.2) is 0 Å². The Bertz CT molecular complexity index is 513. The summed E-state index contributed by atoms with van der Waals surface area (Å²) >= 11 is 0. The van der Waals surface area contributed by atoms with Gasteiger partial charge in [0.2, 0.25) is 0 Å². The number of nitrogens with zero attached hydrogens (tertiary/aromatic N) is 1. The first kappa shape index (κ1) is 13.4. The molecule has 102 valence electrons. The molecule has 1 heterocycles. The van der Waals surface area contributed by atoms with Gasteiger partial charge >= 0.3 is 5.97 Å². The van der Waals surface area contributed by atoms with Crippen LogP contribution < -0.4 is 10.6 Å². The number of carbonyl (C=O) groups is 2. The highest BCUT2D eigenvalue weighted by Gasteiger charge is 2.30. The summed E-state index contributed by atoms with van der Waals surface area (Å²) in [5, 5.41) is 9.31. The lowest BCUT2D eigenvalue weighted by Crippen LogP contribution is -2.45. The van der Waals surface area contributed by atoms with Crippen molar-refractivity contribution in [3.63, 3.8) is 0 Å². The van der Waals surface area contributed by atoms with Gasteiger partial charge < -0.3 is 15.7 Å². The Hall–Kier alpha value is -2.04. The molecule has 0 aromatic heterocycles. The molecule has 5 nitrogen and oxygen atoms in total. The second-order valence-corrected chi connectivity index (χ2v) is 4.93. The Morgan fingerprint density at radius 1 is 1.37 bits per heavy atom. The third-order valence-electron chi connectivity index (χ3n) is 3.52. The second-order valence-electron chi connectivity index (χ2n) is 4.93. The number of carbonyl (C=O) groups excluding carboxylic acids is 1. The standard InChI is InChI=1S/C14H18N2O3/c1-9-5-6-10(13(15)17)12(8-9)16-7-3-2-4-11(16)14(18)19/h5-6,8,11H,2-4,7H2,1H3,(H2,15,17)(H,18,19). The van der Waals surface area contributed by atoms with Crippen molar-refractivity contribution in [2.45, 2.75) is 32.2 Å². The molecule has 1 aromatic carbocycles. The number of primary amides is 1. The molecule has 19 heavy (non-hydrogen) atoms. The summed E-state index contributed by atoms with van der Waals surface area (Å²) in [6, 6.07) is 4.74. The van der Waals surface area contributed by atoms with Gasteiger partial charge in [0.25, 0.3) is 5.91 Å². The summed E-state index contributed by atoms with van der Waals surface area (Å²) in [5.74, 6) is -1.37. The van der Waals surface area contributed by atoms with Gasteiger partial charge in [0, 0.05) is 6.54 Å². The number of aryl methyl sites for hydroxylation is 1. The molecule has 0 spiro atoms. The zero-order valence-corrected chi connectivity index (χ0v) is 10.9. The lowest BCUT2D eigenvalue weighted by Gasteiger charge is -2.35. The Morgan fingerprint density at radius 2 is 2.11 bits per heavy atom. The largest absolute Gasteiger partial charge is 0.480 e. The number of rotatable bonds is 3. The Balaban J connectivity index is 2.46. The van der Waals surface area contributed by atoms with Gasteiger partial charge in [0.05, 0.1) is 11.3 Å². The van der Waals surface area contributed by atoms with E-state index in [4.69, 9.17) is 5.73 Å². The van der Waals surface area contributed by atoms with Crippen molar-refractivity contribution in [2.75, 3.05) is 11.4 Å². The number of hydrogen-bond donors (Lipinski definition) is 2. The maximum Gasteiger partial charge on any atom is 0.326 e. The number of carboxylic acid groups (broad SMARTS) is 1. The van der Waals surface area contributed by atoms with E-state index in [0.717, 1.165) is 18.4 Å². The summed E-state index contributed by atoms with van der Waals surface area (Å²) in [6.45, 7) is 2.55. The van der Waals surface area contributed by atoms with Crippen LogP contribution in [0.2, 0.25) is 0 Å². The van der Waals surface area contributed by atoms with E-state index in [1.807, 2.05) is 19.1 Å². The van der Waals surface area contributed by atoms with Gasteiger partial charge in [-0.3, -0.25) is 4.79 Å². The summed E-state index contributed by atoms with van der Waals surface area (Å²) in [6.07, 6.45) is 2.42. The third kappa shape index (κ3) is 2.70. The van der Waals surface area contributed by atoms with Crippen LogP contribution >= 0.6 is 0 Å². The molecule has 0 aliphatic carbocycles. The first-order chi connectivity index (χ1) is 9.00. The number of anilines is 1. The van der Waals surface area contributed by atoms with Crippen molar-refractivity contribution in [3.05, 3.63) is 29.3 Å². The molecule has 1 aliphatic rings. The smallest absolute Gasteiger partial charge is 0.326 e. The van der Waals surface area contributed by atoms with Crippen molar-refractivity contribution in [1.29, 1.82) is 0 Å². The number of aliphatic carboxylic acids is 1. The number of piperidine rings is 1. The van der Waals surface area contributed by atoms with Crippen molar-refractivity contribution >= 4 is 17.6 Å². The Morgan fingerprint density at radius 3 is 2.74 bits per heavy atom. The zero-order valence-electron chi connectivity index (χ0n) is 10.9. The SMILES string of the molecule is Cc1ccc(C(N)=O)c(N2CCCCC2C(=O)O)c1. The fraction of sp³-hybridized carbons (Fsp3) is 0.429. The minimum atomic E-state index is -0.850. The van der Waals surface area contributed by atoms with Gasteiger partial charge in [-0.2, -0.15) is 0 Å².